The molecule has 0 amide bonds. The molecule has 160 valence electrons. The van der Waals surface area contributed by atoms with E-state index in [1.54, 1.807) is 6.07 Å². The number of benzene rings is 1. The fraction of sp³-hybridized carbons (Fsp3) is 0.650. The van der Waals surface area contributed by atoms with Gasteiger partial charge >= 0.3 is 0 Å². The maximum atomic E-state index is 14.4. The van der Waals surface area contributed by atoms with Crippen LogP contribution in [0.3, 0.4) is 0 Å². The van der Waals surface area contributed by atoms with Crippen LogP contribution in [0.25, 0.3) is 0 Å². The third-order valence-electron chi connectivity index (χ3n) is 4.70. The standard InChI is InChI=1S/C20H34FN5O.HI/c1-4-22-20(23-9-10-25-11-13-27-14-12-25)24-16-17-7-8-19(18(21)15-17)26(5-2)6-3;/h7-8,15H,4-6,9-14,16H2,1-3H3,(H2,22,23,24);1H. The maximum Gasteiger partial charge on any atom is 0.191 e. The van der Waals surface area contributed by atoms with Crippen LogP contribution in [0.2, 0.25) is 0 Å². The average molecular weight is 507 g/mol. The van der Waals surface area contributed by atoms with Crippen LogP contribution in [0, 0.1) is 5.82 Å². The van der Waals surface area contributed by atoms with Crippen LogP contribution in [-0.4, -0.2) is 69.9 Å². The zero-order chi connectivity index (χ0) is 19.5. The van der Waals surface area contributed by atoms with Crippen LogP contribution < -0.4 is 15.5 Å². The molecule has 2 N–H and O–H groups in total. The quantitative estimate of drug-likeness (QED) is 0.306. The highest BCUT2D eigenvalue weighted by molar-refractivity contribution is 14.0. The predicted molar refractivity (Wildman–Crippen MR) is 125 cm³/mol. The average Bonchev–Trinajstić information content (AvgIpc) is 2.69. The molecule has 0 saturated carbocycles. The Kier molecular flexibility index (Phi) is 12.4. The Morgan fingerprint density at radius 2 is 1.89 bits per heavy atom. The van der Waals surface area contributed by atoms with Crippen molar-refractivity contribution in [2.75, 3.05) is 63.9 Å². The molecule has 1 aromatic rings. The van der Waals surface area contributed by atoms with Crippen LogP contribution in [0.4, 0.5) is 10.1 Å². The van der Waals surface area contributed by atoms with Crippen molar-refractivity contribution in [3.8, 4) is 0 Å². The third-order valence-corrected chi connectivity index (χ3v) is 4.70. The monoisotopic (exact) mass is 507 g/mol. The third kappa shape index (κ3) is 8.08. The summed E-state index contributed by atoms with van der Waals surface area (Å²) in [5.74, 6) is 0.579. The highest BCUT2D eigenvalue weighted by Gasteiger charge is 2.10. The molecule has 28 heavy (non-hydrogen) atoms. The summed E-state index contributed by atoms with van der Waals surface area (Å²) in [6, 6.07) is 5.40. The molecule has 1 aliphatic heterocycles. The first-order chi connectivity index (χ1) is 13.2. The smallest absolute Gasteiger partial charge is 0.191 e. The van der Waals surface area contributed by atoms with Gasteiger partial charge in [-0.2, -0.15) is 0 Å². The lowest BCUT2D eigenvalue weighted by atomic mass is 10.2. The van der Waals surface area contributed by atoms with Crippen molar-refractivity contribution in [1.82, 2.24) is 15.5 Å². The number of guanidine groups is 1. The van der Waals surface area contributed by atoms with E-state index in [-0.39, 0.29) is 29.8 Å². The number of hydrogen-bond donors (Lipinski definition) is 2. The van der Waals surface area contributed by atoms with Gasteiger partial charge in [0.25, 0.3) is 0 Å². The van der Waals surface area contributed by atoms with E-state index in [1.807, 2.05) is 37.8 Å². The highest BCUT2D eigenvalue weighted by atomic mass is 127. The summed E-state index contributed by atoms with van der Waals surface area (Å²) in [7, 11) is 0. The Balaban J connectivity index is 0.00000392. The zero-order valence-corrected chi connectivity index (χ0v) is 19.7. The lowest BCUT2D eigenvalue weighted by molar-refractivity contribution is 0.0389. The Labute approximate surface area is 185 Å². The maximum absolute atomic E-state index is 14.4. The normalized spacial score (nSPS) is 15.1. The topological polar surface area (TPSA) is 52.1 Å². The summed E-state index contributed by atoms with van der Waals surface area (Å²) < 4.78 is 19.8. The van der Waals surface area contributed by atoms with Crippen LogP contribution >= 0.6 is 24.0 Å². The molecular formula is C20H35FIN5O. The van der Waals surface area contributed by atoms with Gasteiger partial charge in [-0.25, -0.2) is 9.38 Å². The van der Waals surface area contributed by atoms with Crippen molar-refractivity contribution in [2.24, 2.45) is 4.99 Å². The van der Waals surface area contributed by atoms with Gasteiger partial charge in [0.2, 0.25) is 0 Å². The molecule has 1 aliphatic rings. The predicted octanol–water partition coefficient (Wildman–Crippen LogP) is 2.68. The van der Waals surface area contributed by atoms with Gasteiger partial charge in [-0.1, -0.05) is 6.07 Å². The largest absolute Gasteiger partial charge is 0.379 e. The van der Waals surface area contributed by atoms with Gasteiger partial charge in [-0.3, -0.25) is 4.90 Å². The Bertz CT molecular complexity index is 592. The minimum absolute atomic E-state index is 0. The Morgan fingerprint density at radius 3 is 2.50 bits per heavy atom. The summed E-state index contributed by atoms with van der Waals surface area (Å²) in [5.41, 5.74) is 1.53. The summed E-state index contributed by atoms with van der Waals surface area (Å²) >= 11 is 0. The number of ether oxygens (including phenoxy) is 1. The molecule has 1 saturated heterocycles. The van der Waals surface area contributed by atoms with E-state index in [0.717, 1.165) is 70.6 Å². The van der Waals surface area contributed by atoms with E-state index in [0.29, 0.717) is 12.2 Å². The molecule has 2 rings (SSSR count). The lowest BCUT2D eigenvalue weighted by Gasteiger charge is -2.26. The van der Waals surface area contributed by atoms with Gasteiger partial charge in [0.05, 0.1) is 25.4 Å². The molecule has 1 aromatic carbocycles. The van der Waals surface area contributed by atoms with Gasteiger partial charge in [0, 0.05) is 45.8 Å². The van der Waals surface area contributed by atoms with Crippen molar-refractivity contribution in [1.29, 1.82) is 0 Å². The second-order valence-corrected chi connectivity index (χ2v) is 6.53. The molecule has 0 bridgehead atoms. The molecule has 0 unspecified atom stereocenters. The molecule has 0 radical (unpaired) electrons. The van der Waals surface area contributed by atoms with Gasteiger partial charge in [0.1, 0.15) is 5.82 Å². The first-order valence-corrected chi connectivity index (χ1v) is 10.0. The number of hydrogen-bond acceptors (Lipinski definition) is 4. The molecule has 0 aliphatic carbocycles. The van der Waals surface area contributed by atoms with E-state index < -0.39 is 0 Å². The number of anilines is 1. The zero-order valence-electron chi connectivity index (χ0n) is 17.3. The van der Waals surface area contributed by atoms with E-state index in [4.69, 9.17) is 4.74 Å². The molecular weight excluding hydrogens is 472 g/mol. The van der Waals surface area contributed by atoms with Gasteiger partial charge in [0.15, 0.2) is 5.96 Å². The number of nitrogens with zero attached hydrogens (tertiary/aromatic N) is 3. The van der Waals surface area contributed by atoms with Gasteiger partial charge < -0.3 is 20.3 Å². The molecule has 8 heteroatoms. The molecule has 1 heterocycles. The lowest BCUT2D eigenvalue weighted by Crippen LogP contribution is -2.44. The van der Waals surface area contributed by atoms with E-state index >= 15 is 0 Å². The summed E-state index contributed by atoms with van der Waals surface area (Å²) in [4.78, 5) is 8.98. The fourth-order valence-electron chi connectivity index (χ4n) is 3.14. The number of halogens is 2. The summed E-state index contributed by atoms with van der Waals surface area (Å²) in [5, 5.41) is 6.60. The first-order valence-electron chi connectivity index (χ1n) is 10.0. The Hall–Kier alpha value is -1.13. The number of morpholine rings is 1. The summed E-state index contributed by atoms with van der Waals surface area (Å²) in [6.45, 7) is 14.3. The second-order valence-electron chi connectivity index (χ2n) is 6.53. The van der Waals surface area contributed by atoms with Gasteiger partial charge in [-0.15, -0.1) is 24.0 Å². The summed E-state index contributed by atoms with van der Waals surface area (Å²) in [6.07, 6.45) is 0. The molecule has 0 spiro atoms. The minimum Gasteiger partial charge on any atom is -0.379 e. The molecule has 6 nitrogen and oxygen atoms in total. The van der Waals surface area contributed by atoms with E-state index in [1.165, 1.54) is 0 Å². The molecule has 0 aromatic heterocycles. The van der Waals surface area contributed by atoms with E-state index in [9.17, 15) is 4.39 Å². The van der Waals surface area contributed by atoms with Gasteiger partial charge in [-0.05, 0) is 38.5 Å². The Morgan fingerprint density at radius 1 is 1.18 bits per heavy atom. The SMILES string of the molecule is CCNC(=NCc1ccc(N(CC)CC)c(F)c1)NCCN1CCOCC1.I. The van der Waals surface area contributed by atoms with Crippen LogP contribution in [0.15, 0.2) is 23.2 Å². The van der Waals surface area contributed by atoms with E-state index in [2.05, 4.69) is 20.5 Å². The van der Waals surface area contributed by atoms with Crippen LogP contribution in [0.1, 0.15) is 26.3 Å². The number of nitrogens with one attached hydrogen (secondary N) is 2. The van der Waals surface area contributed by atoms with Crippen molar-refractivity contribution < 1.29 is 9.13 Å². The first kappa shape index (κ1) is 24.9. The van der Waals surface area contributed by atoms with Crippen molar-refractivity contribution in [3.63, 3.8) is 0 Å². The fourth-order valence-corrected chi connectivity index (χ4v) is 3.14. The van der Waals surface area contributed by atoms with Crippen LogP contribution in [0.5, 0.6) is 0 Å². The second kappa shape index (κ2) is 13.9. The minimum atomic E-state index is -0.184. The molecule has 0 atom stereocenters. The van der Waals surface area contributed by atoms with Crippen LogP contribution in [-0.2, 0) is 11.3 Å². The molecule has 1 fully saturated rings. The van der Waals surface area contributed by atoms with Crippen molar-refractivity contribution in [3.05, 3.63) is 29.6 Å². The number of rotatable bonds is 9. The van der Waals surface area contributed by atoms with Crippen molar-refractivity contribution in [2.45, 2.75) is 27.3 Å². The number of aliphatic imine (C=N–C) groups is 1. The highest BCUT2D eigenvalue weighted by Crippen LogP contribution is 2.20. The van der Waals surface area contributed by atoms with Crippen molar-refractivity contribution >= 4 is 35.6 Å².